The molecule has 0 aromatic rings. The fraction of sp³-hybridized carbons (Fsp3) is 0.789. The van der Waals surface area contributed by atoms with Crippen LogP contribution in [0, 0.1) is 5.92 Å². The Morgan fingerprint density at radius 2 is 1.47 bits per heavy atom. The van der Waals surface area contributed by atoms with E-state index in [4.69, 9.17) is 10.2 Å². The molecule has 2 atom stereocenters. The lowest BCUT2D eigenvalue weighted by molar-refractivity contribution is -0.143. The Bertz CT molecular complexity index is 601. The average Bonchev–Trinajstić information content (AvgIpc) is 2.61. The Balaban J connectivity index is 2.96. The van der Waals surface area contributed by atoms with E-state index < -0.39 is 29.9 Å². The van der Waals surface area contributed by atoms with E-state index in [0.29, 0.717) is 45.8 Å². The molecule has 0 aromatic heterocycles. The molecule has 0 radical (unpaired) electrons. The number of Topliss-reactive ketones (excluding diaryl/α,β-unsaturated/α-hetero) is 1. The summed E-state index contributed by atoms with van der Waals surface area (Å²) in [5.74, 6) is -3.75. The van der Waals surface area contributed by atoms with E-state index in [9.17, 15) is 24.3 Å². The zero-order chi connectivity index (χ0) is 22.7. The Morgan fingerprint density at radius 3 is 1.97 bits per heavy atom. The van der Waals surface area contributed by atoms with Crippen molar-refractivity contribution in [3.8, 4) is 0 Å². The van der Waals surface area contributed by atoms with Crippen molar-refractivity contribution in [2.24, 2.45) is 5.92 Å². The molecule has 1 aliphatic heterocycles. The third kappa shape index (κ3) is 10.6. The first kappa shape index (κ1) is 26.0. The maximum Gasteiger partial charge on any atom is 0.317 e. The lowest BCUT2D eigenvalue weighted by atomic mass is 9.93. The van der Waals surface area contributed by atoms with Crippen LogP contribution in [0.4, 0.5) is 0 Å². The van der Waals surface area contributed by atoms with Crippen LogP contribution in [0.1, 0.15) is 19.8 Å². The Morgan fingerprint density at radius 1 is 0.933 bits per heavy atom. The van der Waals surface area contributed by atoms with Crippen LogP contribution in [0.2, 0.25) is 0 Å². The molecule has 1 rings (SSSR count). The number of nitrogens with one attached hydrogen (secondary N) is 1. The highest BCUT2D eigenvalue weighted by Gasteiger charge is 2.29. The molecule has 0 bridgehead atoms. The molecule has 11 heteroatoms. The molecule has 0 spiro atoms. The molecule has 1 fully saturated rings. The summed E-state index contributed by atoms with van der Waals surface area (Å²) in [5.41, 5.74) is 0. The van der Waals surface area contributed by atoms with Crippen molar-refractivity contribution in [1.82, 2.24) is 20.0 Å². The van der Waals surface area contributed by atoms with Crippen LogP contribution in [0.3, 0.4) is 0 Å². The van der Waals surface area contributed by atoms with Gasteiger partial charge in [0, 0.05) is 58.3 Å². The van der Waals surface area contributed by atoms with Gasteiger partial charge in [-0.15, -0.1) is 0 Å². The quantitative estimate of drug-likeness (QED) is 0.347. The van der Waals surface area contributed by atoms with E-state index in [1.165, 1.54) is 6.92 Å². The number of likely N-dealkylation sites (N-methyl/N-ethyl adjacent to an activating group) is 1. The molecule has 0 saturated carbocycles. The first-order valence-electron chi connectivity index (χ1n) is 10.1. The molecule has 0 amide bonds. The number of hydrogen-bond acceptors (Lipinski definition) is 8. The van der Waals surface area contributed by atoms with Crippen molar-refractivity contribution in [1.29, 1.82) is 0 Å². The SMILES string of the molecule is CC(=O)CCC(C(=O)O)C1CN(C)CCN(CC(=O)O)CCN(CC(=O)O)CCN1. The minimum Gasteiger partial charge on any atom is -0.481 e. The second-order valence-corrected chi connectivity index (χ2v) is 7.85. The summed E-state index contributed by atoms with van der Waals surface area (Å²) >= 11 is 0. The number of rotatable bonds is 9. The zero-order valence-corrected chi connectivity index (χ0v) is 17.7. The summed E-state index contributed by atoms with van der Waals surface area (Å²) in [5, 5.41) is 31.2. The van der Waals surface area contributed by atoms with Gasteiger partial charge in [0.2, 0.25) is 0 Å². The number of aliphatic carboxylic acids is 3. The van der Waals surface area contributed by atoms with Crippen LogP contribution in [0.5, 0.6) is 0 Å². The van der Waals surface area contributed by atoms with Gasteiger partial charge in [-0.2, -0.15) is 0 Å². The van der Waals surface area contributed by atoms with Crippen molar-refractivity contribution in [2.45, 2.75) is 25.8 Å². The molecule has 1 aliphatic rings. The number of hydrogen-bond donors (Lipinski definition) is 4. The summed E-state index contributed by atoms with van der Waals surface area (Å²) < 4.78 is 0. The summed E-state index contributed by atoms with van der Waals surface area (Å²) in [6.07, 6.45) is 0.399. The summed E-state index contributed by atoms with van der Waals surface area (Å²) in [6.45, 7) is 4.09. The number of carbonyl (C=O) groups is 4. The Hall–Kier alpha value is -2.08. The van der Waals surface area contributed by atoms with Gasteiger partial charge in [-0.05, 0) is 20.4 Å². The predicted molar refractivity (Wildman–Crippen MR) is 108 cm³/mol. The molecule has 4 N–H and O–H groups in total. The number of nitrogens with zero attached hydrogens (tertiary/aromatic N) is 3. The van der Waals surface area contributed by atoms with Crippen LogP contribution in [0.25, 0.3) is 0 Å². The van der Waals surface area contributed by atoms with Crippen LogP contribution in [-0.4, -0.2) is 126 Å². The number of ketones is 1. The average molecular weight is 431 g/mol. The topological polar surface area (TPSA) is 151 Å². The standard InChI is InChI=1S/C19H34N4O7/c1-14(24)3-4-15(19(29)30)16-11-21(2)7-8-23(13-18(27)28)10-9-22(6-5-20-16)12-17(25)26/h15-16,20H,3-13H2,1-2H3,(H,25,26)(H,27,28)(H,29,30). The Labute approximate surface area is 176 Å². The van der Waals surface area contributed by atoms with Crippen molar-refractivity contribution in [3.63, 3.8) is 0 Å². The molecule has 1 heterocycles. The van der Waals surface area contributed by atoms with Crippen molar-refractivity contribution < 1.29 is 34.5 Å². The maximum atomic E-state index is 11.8. The van der Waals surface area contributed by atoms with Crippen molar-refractivity contribution in [2.75, 3.05) is 66.0 Å². The molecule has 0 aliphatic carbocycles. The zero-order valence-electron chi connectivity index (χ0n) is 17.7. The van der Waals surface area contributed by atoms with Crippen LogP contribution >= 0.6 is 0 Å². The summed E-state index contributed by atoms with van der Waals surface area (Å²) in [6, 6.07) is -0.425. The van der Waals surface area contributed by atoms with Crippen molar-refractivity contribution in [3.05, 3.63) is 0 Å². The first-order valence-corrected chi connectivity index (χ1v) is 10.1. The van der Waals surface area contributed by atoms with Gasteiger partial charge in [0.15, 0.2) is 0 Å². The van der Waals surface area contributed by atoms with E-state index >= 15 is 0 Å². The summed E-state index contributed by atoms with van der Waals surface area (Å²) in [4.78, 5) is 50.9. The number of carboxylic acids is 3. The second-order valence-electron chi connectivity index (χ2n) is 7.85. The molecule has 1 saturated heterocycles. The smallest absolute Gasteiger partial charge is 0.317 e. The molecule has 30 heavy (non-hydrogen) atoms. The normalized spacial score (nSPS) is 21.9. The van der Waals surface area contributed by atoms with Crippen LogP contribution in [0.15, 0.2) is 0 Å². The number of carboxylic acid groups (broad SMARTS) is 3. The first-order chi connectivity index (χ1) is 14.1. The minimum atomic E-state index is -0.982. The maximum absolute atomic E-state index is 11.8. The third-order valence-corrected chi connectivity index (χ3v) is 5.20. The van der Waals surface area contributed by atoms with E-state index in [2.05, 4.69) is 5.32 Å². The van der Waals surface area contributed by atoms with Gasteiger partial charge in [-0.1, -0.05) is 0 Å². The van der Waals surface area contributed by atoms with Gasteiger partial charge in [0.05, 0.1) is 19.0 Å². The summed E-state index contributed by atoms with van der Waals surface area (Å²) in [7, 11) is 1.85. The van der Waals surface area contributed by atoms with Gasteiger partial charge in [0.25, 0.3) is 0 Å². The second kappa shape index (κ2) is 13.3. The lowest BCUT2D eigenvalue weighted by Crippen LogP contribution is -2.52. The van der Waals surface area contributed by atoms with E-state index in [1.54, 1.807) is 9.80 Å². The van der Waals surface area contributed by atoms with Gasteiger partial charge >= 0.3 is 17.9 Å². The monoisotopic (exact) mass is 430 g/mol. The minimum absolute atomic E-state index is 0.0697. The molecular weight excluding hydrogens is 396 g/mol. The fourth-order valence-corrected chi connectivity index (χ4v) is 3.54. The molecule has 0 aromatic carbocycles. The van der Waals surface area contributed by atoms with Crippen molar-refractivity contribution >= 4 is 23.7 Å². The third-order valence-electron chi connectivity index (χ3n) is 5.20. The molecular formula is C19H34N4O7. The van der Waals surface area contributed by atoms with E-state index in [0.717, 1.165) is 0 Å². The van der Waals surface area contributed by atoms with E-state index in [-0.39, 0.29) is 31.7 Å². The number of carbonyl (C=O) groups excluding carboxylic acids is 1. The van der Waals surface area contributed by atoms with Crippen LogP contribution < -0.4 is 5.32 Å². The van der Waals surface area contributed by atoms with Gasteiger partial charge in [0.1, 0.15) is 5.78 Å². The van der Waals surface area contributed by atoms with Crippen LogP contribution in [-0.2, 0) is 19.2 Å². The highest BCUT2D eigenvalue weighted by Crippen LogP contribution is 2.14. The Kier molecular flexibility index (Phi) is 11.5. The highest BCUT2D eigenvalue weighted by atomic mass is 16.4. The predicted octanol–water partition coefficient (Wildman–Crippen LogP) is -1.27. The molecule has 2 unspecified atom stereocenters. The largest absolute Gasteiger partial charge is 0.481 e. The van der Waals surface area contributed by atoms with Gasteiger partial charge in [-0.25, -0.2) is 0 Å². The van der Waals surface area contributed by atoms with E-state index in [1.807, 2.05) is 11.9 Å². The highest BCUT2D eigenvalue weighted by molar-refractivity contribution is 5.77. The van der Waals surface area contributed by atoms with Gasteiger partial charge < -0.3 is 30.3 Å². The molecule has 172 valence electrons. The lowest BCUT2D eigenvalue weighted by Gasteiger charge is -2.33. The molecule has 11 nitrogen and oxygen atoms in total. The fourth-order valence-electron chi connectivity index (χ4n) is 3.54. The van der Waals surface area contributed by atoms with Gasteiger partial charge in [-0.3, -0.25) is 24.2 Å².